The molecule has 0 fully saturated rings. The van der Waals surface area contributed by atoms with Crippen molar-refractivity contribution in [2.24, 2.45) is 5.73 Å². The summed E-state index contributed by atoms with van der Waals surface area (Å²) in [6.07, 6.45) is 1.43. The molecule has 1 aromatic rings. The lowest BCUT2D eigenvalue weighted by Gasteiger charge is -2.10. The summed E-state index contributed by atoms with van der Waals surface area (Å²) in [5, 5.41) is 34.9. The highest BCUT2D eigenvalue weighted by atomic mass is 32.2. The van der Waals surface area contributed by atoms with Gasteiger partial charge >= 0.3 is 23.9 Å². The molecule has 1 amide bonds. The highest BCUT2D eigenvalue weighted by Gasteiger charge is 2.22. The molecule has 1 rings (SSSR count). The number of aliphatic carboxylic acids is 4. The van der Waals surface area contributed by atoms with Crippen LogP contribution in [0.1, 0.15) is 12.0 Å². The van der Waals surface area contributed by atoms with Gasteiger partial charge in [-0.2, -0.15) is 8.42 Å². The van der Waals surface area contributed by atoms with Crippen molar-refractivity contribution >= 4 is 51.7 Å². The number of carbonyl (C=O) groups is 5. The van der Waals surface area contributed by atoms with Crippen LogP contribution in [0.5, 0.6) is 0 Å². The Labute approximate surface area is 192 Å². The molecule has 1 atom stereocenters. The highest BCUT2D eigenvalue weighted by Crippen LogP contribution is 2.14. The van der Waals surface area contributed by atoms with Crippen LogP contribution in [0.25, 0.3) is 0 Å². The zero-order valence-corrected chi connectivity index (χ0v) is 18.8. The van der Waals surface area contributed by atoms with E-state index in [-0.39, 0.29) is 13.0 Å². The lowest BCUT2D eigenvalue weighted by molar-refractivity contribution is -0.147. The fourth-order valence-corrected chi connectivity index (χ4v) is 2.42. The van der Waals surface area contributed by atoms with Crippen LogP contribution in [0, 0.1) is 0 Å². The predicted octanol–water partition coefficient (Wildman–Crippen LogP) is -1.02. The van der Waals surface area contributed by atoms with E-state index in [1.165, 1.54) is 0 Å². The maximum atomic E-state index is 10.6. The number of carboxylic acids is 4. The molecule has 0 saturated carbocycles. The largest absolute Gasteiger partial charge is 0.481 e. The number of rotatable bonds is 10. The summed E-state index contributed by atoms with van der Waals surface area (Å²) in [5.41, 5.74) is 5.75. The molecular weight excluding hydrogens is 488 g/mol. The summed E-state index contributed by atoms with van der Waals surface area (Å²) in [7, 11) is -4.32. The monoisotopic (exact) mass is 512 g/mol. The summed E-state index contributed by atoms with van der Waals surface area (Å²) in [6.45, 7) is -0.372. The molecule has 0 aliphatic carbocycles. The van der Waals surface area contributed by atoms with Gasteiger partial charge in [-0.1, -0.05) is 12.1 Å². The second-order valence-corrected chi connectivity index (χ2v) is 8.13. The van der Waals surface area contributed by atoms with E-state index in [0.717, 1.165) is 10.5 Å². The quantitative estimate of drug-likeness (QED) is 0.146. The van der Waals surface area contributed by atoms with Crippen molar-refractivity contribution in [1.82, 2.24) is 5.32 Å². The molecule has 0 aliphatic heterocycles. The molecule has 186 valence electrons. The molecule has 0 saturated heterocycles. The Balaban J connectivity index is 0. The third-order valence-corrected chi connectivity index (χ3v) is 4.37. The first-order valence-corrected chi connectivity index (χ1v) is 11.4. The van der Waals surface area contributed by atoms with Crippen molar-refractivity contribution in [2.75, 3.05) is 18.6 Å². The standard InChI is InChI=1S/C9H10O2S.C6H10N2O5.C2H4O5S/c1-12-8-4-2-7(3-5-8)6-9(10)11;7-2-4(9)8-3(6(12)13)1-5(10)11;3-2(4)1-8(5,6)7/h2-5H,6H2,1H3,(H,10,11);3H,1-2,7H2,(H,8,9)(H,10,11)(H,12,13);1H2,(H,3,4)(H,5,6,7)/t;3-;/m.0./s1. The first-order chi connectivity index (χ1) is 15.1. The van der Waals surface area contributed by atoms with E-state index in [2.05, 4.69) is 0 Å². The molecule has 0 heterocycles. The SMILES string of the molecule is CSc1ccc(CC(=O)O)cc1.NCC(=O)N[C@@H](CC(=O)O)C(=O)O.O=C(O)CS(=O)(=O)O. The van der Waals surface area contributed by atoms with Gasteiger partial charge in [0.05, 0.1) is 19.4 Å². The second-order valence-electron chi connectivity index (χ2n) is 5.80. The van der Waals surface area contributed by atoms with Crippen LogP contribution in [0.15, 0.2) is 29.2 Å². The third kappa shape index (κ3) is 20.4. The Hall–Kier alpha value is -3.21. The summed E-state index contributed by atoms with van der Waals surface area (Å²) in [6, 6.07) is 6.14. The van der Waals surface area contributed by atoms with Crippen LogP contribution < -0.4 is 11.1 Å². The van der Waals surface area contributed by atoms with Crippen LogP contribution in [-0.2, 0) is 40.5 Å². The van der Waals surface area contributed by atoms with Gasteiger partial charge in [0.15, 0.2) is 5.75 Å². The maximum absolute atomic E-state index is 10.6. The van der Waals surface area contributed by atoms with E-state index < -0.39 is 58.1 Å². The van der Waals surface area contributed by atoms with Gasteiger partial charge in [-0.15, -0.1) is 11.8 Å². The summed E-state index contributed by atoms with van der Waals surface area (Å²) >= 11 is 1.65. The van der Waals surface area contributed by atoms with Crippen molar-refractivity contribution in [3.05, 3.63) is 29.8 Å². The van der Waals surface area contributed by atoms with E-state index in [1.54, 1.807) is 11.8 Å². The van der Waals surface area contributed by atoms with Crippen LogP contribution in [0.2, 0.25) is 0 Å². The lowest BCUT2D eigenvalue weighted by atomic mass is 10.2. The molecule has 0 bridgehead atoms. The minimum Gasteiger partial charge on any atom is -0.481 e. The molecule has 0 aliphatic rings. The zero-order chi connectivity index (χ0) is 26.2. The average Bonchev–Trinajstić information content (AvgIpc) is 2.66. The van der Waals surface area contributed by atoms with Crippen molar-refractivity contribution < 1.29 is 57.4 Å². The topological polar surface area (TPSA) is 259 Å². The van der Waals surface area contributed by atoms with Crippen LogP contribution >= 0.6 is 11.8 Å². The van der Waals surface area contributed by atoms with E-state index in [9.17, 15) is 32.4 Å². The number of nitrogens with two attached hydrogens (primary N) is 1. The minimum atomic E-state index is -4.32. The summed E-state index contributed by atoms with van der Waals surface area (Å²) in [5.74, 6) is -6.98. The van der Waals surface area contributed by atoms with Gasteiger partial charge < -0.3 is 31.5 Å². The Morgan fingerprint density at radius 2 is 1.48 bits per heavy atom. The van der Waals surface area contributed by atoms with Gasteiger partial charge in [-0.3, -0.25) is 23.7 Å². The first-order valence-electron chi connectivity index (χ1n) is 8.56. The maximum Gasteiger partial charge on any atom is 0.326 e. The Kier molecular flexibility index (Phi) is 15.9. The molecule has 1 aromatic carbocycles. The number of benzene rings is 1. The zero-order valence-electron chi connectivity index (χ0n) is 17.2. The van der Waals surface area contributed by atoms with E-state index in [4.69, 9.17) is 30.7 Å². The number of thioether (sulfide) groups is 1. The number of hydrogen-bond acceptors (Lipinski definition) is 9. The molecule has 0 unspecified atom stereocenters. The Morgan fingerprint density at radius 1 is 0.970 bits per heavy atom. The fraction of sp³-hybridized carbons (Fsp3) is 0.353. The number of nitrogens with one attached hydrogen (secondary N) is 1. The highest BCUT2D eigenvalue weighted by molar-refractivity contribution is 7.98. The molecule has 0 aromatic heterocycles. The van der Waals surface area contributed by atoms with Gasteiger partial charge in [0.2, 0.25) is 5.91 Å². The first kappa shape index (κ1) is 32.0. The van der Waals surface area contributed by atoms with Crippen molar-refractivity contribution in [3.8, 4) is 0 Å². The molecule has 0 radical (unpaired) electrons. The van der Waals surface area contributed by atoms with Crippen LogP contribution in [0.3, 0.4) is 0 Å². The van der Waals surface area contributed by atoms with Crippen molar-refractivity contribution in [3.63, 3.8) is 0 Å². The van der Waals surface area contributed by atoms with Gasteiger partial charge in [0, 0.05) is 4.90 Å². The van der Waals surface area contributed by atoms with Gasteiger partial charge in [-0.25, -0.2) is 4.79 Å². The second kappa shape index (κ2) is 16.4. The third-order valence-electron chi connectivity index (χ3n) is 3.02. The molecular formula is C17H24N2O12S2. The van der Waals surface area contributed by atoms with Crippen LogP contribution in [0.4, 0.5) is 0 Å². The number of hydrogen-bond donors (Lipinski definition) is 7. The normalized spacial score (nSPS) is 10.9. The average molecular weight is 513 g/mol. The minimum absolute atomic E-state index is 0.106. The fourth-order valence-electron chi connectivity index (χ4n) is 1.70. The molecule has 16 heteroatoms. The molecule has 14 nitrogen and oxygen atoms in total. The van der Waals surface area contributed by atoms with Crippen molar-refractivity contribution in [1.29, 1.82) is 0 Å². The van der Waals surface area contributed by atoms with E-state index in [0.29, 0.717) is 0 Å². The lowest BCUT2D eigenvalue weighted by Crippen LogP contribution is -2.44. The van der Waals surface area contributed by atoms with Gasteiger partial charge in [0.25, 0.3) is 10.1 Å². The molecule has 0 spiro atoms. The van der Waals surface area contributed by atoms with Gasteiger partial charge in [-0.05, 0) is 24.0 Å². The Bertz CT molecular complexity index is 916. The van der Waals surface area contributed by atoms with Crippen LogP contribution in [-0.4, -0.2) is 87.8 Å². The van der Waals surface area contributed by atoms with Crippen molar-refractivity contribution in [2.45, 2.75) is 23.8 Å². The van der Waals surface area contributed by atoms with E-state index in [1.807, 2.05) is 35.8 Å². The number of amides is 1. The summed E-state index contributed by atoms with van der Waals surface area (Å²) in [4.78, 5) is 52.1. The summed E-state index contributed by atoms with van der Waals surface area (Å²) < 4.78 is 27.0. The molecule has 33 heavy (non-hydrogen) atoms. The molecule has 8 N–H and O–H groups in total. The predicted molar refractivity (Wildman–Crippen MR) is 114 cm³/mol. The number of carbonyl (C=O) groups excluding carboxylic acids is 1. The smallest absolute Gasteiger partial charge is 0.326 e. The van der Waals surface area contributed by atoms with Gasteiger partial charge in [0.1, 0.15) is 6.04 Å². The number of carboxylic acid groups (broad SMARTS) is 4. The Morgan fingerprint density at radius 3 is 1.76 bits per heavy atom. The van der Waals surface area contributed by atoms with E-state index >= 15 is 0 Å².